The highest BCUT2D eigenvalue weighted by Crippen LogP contribution is 2.34. The van der Waals surface area contributed by atoms with Gasteiger partial charge in [0.15, 0.2) is 0 Å². The summed E-state index contributed by atoms with van der Waals surface area (Å²) < 4.78 is 0. The maximum atomic E-state index is 2.32. The SMILES string of the molecule is CCCCCC1CCCC(CCCC)C1. The van der Waals surface area contributed by atoms with Gasteiger partial charge in [-0.15, -0.1) is 0 Å². The first-order valence-corrected chi connectivity index (χ1v) is 7.36. The molecule has 0 N–H and O–H groups in total. The molecule has 1 aliphatic carbocycles. The summed E-state index contributed by atoms with van der Waals surface area (Å²) >= 11 is 0. The number of unbranched alkanes of at least 4 members (excludes halogenated alkanes) is 3. The Morgan fingerprint density at radius 1 is 0.800 bits per heavy atom. The summed E-state index contributed by atoms with van der Waals surface area (Å²) in [6.07, 6.45) is 16.4. The largest absolute Gasteiger partial charge is 0.0654 e. The van der Waals surface area contributed by atoms with Gasteiger partial charge in [0.05, 0.1) is 0 Å². The molecule has 2 atom stereocenters. The Hall–Kier alpha value is 0. The van der Waals surface area contributed by atoms with Crippen molar-refractivity contribution < 1.29 is 0 Å². The van der Waals surface area contributed by atoms with Gasteiger partial charge < -0.3 is 0 Å². The van der Waals surface area contributed by atoms with Crippen LogP contribution in [0.1, 0.15) is 84.5 Å². The summed E-state index contributed by atoms with van der Waals surface area (Å²) in [5.74, 6) is 2.18. The van der Waals surface area contributed by atoms with Gasteiger partial charge >= 0.3 is 0 Å². The van der Waals surface area contributed by atoms with E-state index in [4.69, 9.17) is 0 Å². The third kappa shape index (κ3) is 5.58. The molecule has 0 aliphatic heterocycles. The van der Waals surface area contributed by atoms with Crippen molar-refractivity contribution in [3.63, 3.8) is 0 Å². The van der Waals surface area contributed by atoms with Crippen molar-refractivity contribution in [1.29, 1.82) is 0 Å². The minimum Gasteiger partial charge on any atom is -0.0654 e. The van der Waals surface area contributed by atoms with E-state index in [0.29, 0.717) is 0 Å². The Labute approximate surface area is 96.8 Å². The monoisotopic (exact) mass is 210 g/mol. The lowest BCUT2D eigenvalue weighted by Crippen LogP contribution is -2.15. The molecule has 1 rings (SSSR count). The van der Waals surface area contributed by atoms with E-state index in [1.807, 2.05) is 0 Å². The van der Waals surface area contributed by atoms with E-state index in [1.165, 1.54) is 64.2 Å². The van der Waals surface area contributed by atoms with Crippen LogP contribution in [0.15, 0.2) is 0 Å². The van der Waals surface area contributed by atoms with E-state index < -0.39 is 0 Å². The van der Waals surface area contributed by atoms with E-state index in [-0.39, 0.29) is 0 Å². The normalized spacial score (nSPS) is 26.8. The van der Waals surface area contributed by atoms with Crippen molar-refractivity contribution in [1.82, 2.24) is 0 Å². The minimum atomic E-state index is 1.09. The summed E-state index contributed by atoms with van der Waals surface area (Å²) in [6.45, 7) is 4.63. The summed E-state index contributed by atoms with van der Waals surface area (Å²) in [5.41, 5.74) is 0. The number of hydrogen-bond acceptors (Lipinski definition) is 0. The highest BCUT2D eigenvalue weighted by Gasteiger charge is 2.20. The van der Waals surface area contributed by atoms with Crippen LogP contribution < -0.4 is 0 Å². The molecule has 0 aromatic heterocycles. The first-order valence-electron chi connectivity index (χ1n) is 7.36. The van der Waals surface area contributed by atoms with Crippen molar-refractivity contribution in [2.75, 3.05) is 0 Å². The second kappa shape index (κ2) is 8.19. The van der Waals surface area contributed by atoms with Crippen LogP contribution in [0.3, 0.4) is 0 Å². The lowest BCUT2D eigenvalue weighted by Gasteiger charge is -2.29. The second-order valence-electron chi connectivity index (χ2n) is 5.54. The van der Waals surface area contributed by atoms with Crippen LogP contribution in [-0.2, 0) is 0 Å². The summed E-state index contributed by atoms with van der Waals surface area (Å²) in [7, 11) is 0. The molecule has 0 bridgehead atoms. The molecule has 0 aromatic carbocycles. The number of hydrogen-bond donors (Lipinski definition) is 0. The molecule has 0 heterocycles. The zero-order valence-electron chi connectivity index (χ0n) is 10.9. The first-order chi connectivity index (χ1) is 7.36. The highest BCUT2D eigenvalue weighted by atomic mass is 14.3. The minimum absolute atomic E-state index is 1.09. The smallest absolute Gasteiger partial charge is 0.0412 e. The lowest BCUT2D eigenvalue weighted by atomic mass is 9.77. The molecule has 1 aliphatic rings. The van der Waals surface area contributed by atoms with Gasteiger partial charge in [0.2, 0.25) is 0 Å². The molecular formula is C15H30. The molecule has 15 heavy (non-hydrogen) atoms. The average molecular weight is 210 g/mol. The van der Waals surface area contributed by atoms with E-state index in [1.54, 1.807) is 6.42 Å². The quantitative estimate of drug-likeness (QED) is 0.482. The molecule has 1 fully saturated rings. The third-order valence-electron chi connectivity index (χ3n) is 4.07. The highest BCUT2D eigenvalue weighted by molar-refractivity contribution is 4.73. The fraction of sp³-hybridized carbons (Fsp3) is 1.00. The van der Waals surface area contributed by atoms with Crippen molar-refractivity contribution in [2.24, 2.45) is 11.8 Å². The van der Waals surface area contributed by atoms with Crippen LogP contribution in [0.5, 0.6) is 0 Å². The van der Waals surface area contributed by atoms with Gasteiger partial charge in [-0.1, -0.05) is 78.1 Å². The van der Waals surface area contributed by atoms with E-state index in [0.717, 1.165) is 11.8 Å². The molecule has 0 heteroatoms. The van der Waals surface area contributed by atoms with Crippen LogP contribution in [0.2, 0.25) is 0 Å². The topological polar surface area (TPSA) is 0 Å². The standard InChI is InChI=1S/C15H30/c1-3-5-7-10-15-12-8-11-14(13-15)9-6-4-2/h14-15H,3-13H2,1-2H3. The van der Waals surface area contributed by atoms with Gasteiger partial charge in [0.1, 0.15) is 0 Å². The van der Waals surface area contributed by atoms with Crippen LogP contribution in [-0.4, -0.2) is 0 Å². The fourth-order valence-corrected chi connectivity index (χ4v) is 3.10. The van der Waals surface area contributed by atoms with E-state index >= 15 is 0 Å². The lowest BCUT2D eigenvalue weighted by molar-refractivity contribution is 0.236. The van der Waals surface area contributed by atoms with Crippen LogP contribution in [0, 0.1) is 11.8 Å². The second-order valence-corrected chi connectivity index (χ2v) is 5.54. The Morgan fingerprint density at radius 2 is 1.40 bits per heavy atom. The molecule has 90 valence electrons. The van der Waals surface area contributed by atoms with Crippen LogP contribution in [0.25, 0.3) is 0 Å². The average Bonchev–Trinajstić information content (AvgIpc) is 2.27. The van der Waals surface area contributed by atoms with Gasteiger partial charge in [-0.2, -0.15) is 0 Å². The first kappa shape index (κ1) is 13.1. The molecule has 0 radical (unpaired) electrons. The van der Waals surface area contributed by atoms with Gasteiger partial charge in [-0.3, -0.25) is 0 Å². The zero-order valence-corrected chi connectivity index (χ0v) is 10.9. The van der Waals surface area contributed by atoms with Crippen molar-refractivity contribution in [2.45, 2.75) is 84.5 Å². The van der Waals surface area contributed by atoms with Gasteiger partial charge in [0, 0.05) is 0 Å². The third-order valence-corrected chi connectivity index (χ3v) is 4.07. The predicted octanol–water partition coefficient (Wildman–Crippen LogP) is 5.56. The van der Waals surface area contributed by atoms with Crippen molar-refractivity contribution >= 4 is 0 Å². The van der Waals surface area contributed by atoms with Crippen molar-refractivity contribution in [3.05, 3.63) is 0 Å². The molecule has 0 nitrogen and oxygen atoms in total. The Kier molecular flexibility index (Phi) is 7.13. The van der Waals surface area contributed by atoms with Crippen LogP contribution in [0.4, 0.5) is 0 Å². The molecule has 0 aromatic rings. The molecule has 0 spiro atoms. The van der Waals surface area contributed by atoms with Gasteiger partial charge in [0.25, 0.3) is 0 Å². The summed E-state index contributed by atoms with van der Waals surface area (Å²) in [6, 6.07) is 0. The van der Waals surface area contributed by atoms with E-state index in [9.17, 15) is 0 Å². The van der Waals surface area contributed by atoms with E-state index in [2.05, 4.69) is 13.8 Å². The summed E-state index contributed by atoms with van der Waals surface area (Å²) in [4.78, 5) is 0. The van der Waals surface area contributed by atoms with Gasteiger partial charge in [-0.05, 0) is 18.3 Å². The molecule has 1 saturated carbocycles. The Bertz CT molecular complexity index is 139. The summed E-state index contributed by atoms with van der Waals surface area (Å²) in [5, 5.41) is 0. The predicted molar refractivity (Wildman–Crippen MR) is 69.1 cm³/mol. The number of rotatable bonds is 7. The molecule has 2 unspecified atom stereocenters. The Balaban J connectivity index is 2.11. The van der Waals surface area contributed by atoms with Gasteiger partial charge in [-0.25, -0.2) is 0 Å². The molecule has 0 saturated heterocycles. The van der Waals surface area contributed by atoms with Crippen molar-refractivity contribution in [3.8, 4) is 0 Å². The zero-order chi connectivity index (χ0) is 10.9. The molecular weight excluding hydrogens is 180 g/mol. The molecule has 0 amide bonds. The maximum Gasteiger partial charge on any atom is -0.0412 e. The maximum absolute atomic E-state index is 2.32. The van der Waals surface area contributed by atoms with Crippen LogP contribution >= 0.6 is 0 Å². The Morgan fingerprint density at radius 3 is 2.00 bits per heavy atom. The fourth-order valence-electron chi connectivity index (χ4n) is 3.10.